The molecule has 3 aromatic carbocycles. The quantitative estimate of drug-likeness (QED) is 0.425. The highest BCUT2D eigenvalue weighted by atomic mass is 35.5. The molecule has 1 aromatic heterocycles. The zero-order valence-electron chi connectivity index (χ0n) is 16.3. The zero-order valence-corrected chi connectivity index (χ0v) is 17.8. The lowest BCUT2D eigenvalue weighted by Gasteiger charge is -2.26. The molecule has 5 rings (SSSR count). The van der Waals surface area contributed by atoms with Crippen molar-refractivity contribution >= 4 is 40.1 Å². The molecular formula is C24H17Cl2N3O2. The number of nitrogens with zero attached hydrogens (tertiary/aromatic N) is 2. The molecule has 31 heavy (non-hydrogen) atoms. The van der Waals surface area contributed by atoms with E-state index in [0.717, 1.165) is 17.7 Å². The summed E-state index contributed by atoms with van der Waals surface area (Å²) in [5.74, 6) is 0.656. The summed E-state index contributed by atoms with van der Waals surface area (Å²) >= 11 is 12.4. The Hall–Kier alpha value is -3.15. The van der Waals surface area contributed by atoms with Crippen molar-refractivity contribution in [3.05, 3.63) is 88.0 Å². The predicted molar refractivity (Wildman–Crippen MR) is 122 cm³/mol. The molecule has 5 nitrogen and oxygen atoms in total. The number of carbonyl (C=O) groups excluding carboxylic acids is 1. The third kappa shape index (κ3) is 3.82. The lowest BCUT2D eigenvalue weighted by atomic mass is 10.00. The molecule has 0 saturated carbocycles. The van der Waals surface area contributed by atoms with Crippen LogP contribution >= 0.6 is 23.2 Å². The van der Waals surface area contributed by atoms with Crippen LogP contribution in [0.4, 0.5) is 0 Å². The summed E-state index contributed by atoms with van der Waals surface area (Å²) in [7, 11) is 0. The molecule has 4 aromatic rings. The minimum atomic E-state index is -0.160. The van der Waals surface area contributed by atoms with Crippen molar-refractivity contribution in [2.24, 2.45) is 0 Å². The van der Waals surface area contributed by atoms with Crippen LogP contribution in [0, 0.1) is 0 Å². The monoisotopic (exact) mass is 449 g/mol. The molecule has 0 saturated heterocycles. The van der Waals surface area contributed by atoms with Gasteiger partial charge >= 0.3 is 0 Å². The number of nitrogens with one attached hydrogen (secondary N) is 1. The molecule has 7 heteroatoms. The summed E-state index contributed by atoms with van der Waals surface area (Å²) in [5.41, 5.74) is 4.15. The van der Waals surface area contributed by atoms with Crippen LogP contribution in [0.5, 0.6) is 5.75 Å². The van der Waals surface area contributed by atoms with Gasteiger partial charge in [-0.25, -0.2) is 4.98 Å². The maximum Gasteiger partial charge on any atom is 0.251 e. The van der Waals surface area contributed by atoms with Crippen LogP contribution in [0.15, 0.2) is 66.9 Å². The van der Waals surface area contributed by atoms with E-state index in [1.165, 1.54) is 0 Å². The molecule has 1 atom stereocenters. The van der Waals surface area contributed by atoms with Crippen LogP contribution in [-0.2, 0) is 0 Å². The van der Waals surface area contributed by atoms with Gasteiger partial charge < -0.3 is 10.1 Å². The van der Waals surface area contributed by atoms with E-state index in [1.807, 2.05) is 36.4 Å². The number of amides is 1. The van der Waals surface area contributed by atoms with Gasteiger partial charge in [-0.05, 0) is 30.3 Å². The maximum absolute atomic E-state index is 12.9. The first-order valence-electron chi connectivity index (χ1n) is 9.84. The van der Waals surface area contributed by atoms with Crippen molar-refractivity contribution in [2.45, 2.75) is 12.5 Å². The van der Waals surface area contributed by atoms with Crippen molar-refractivity contribution in [3.63, 3.8) is 0 Å². The summed E-state index contributed by atoms with van der Waals surface area (Å²) in [6.07, 6.45) is 2.36. The topological polar surface area (TPSA) is 64.1 Å². The number of hydrogen-bond donors (Lipinski definition) is 1. The highest BCUT2D eigenvalue weighted by Gasteiger charge is 2.23. The molecule has 2 heterocycles. The van der Waals surface area contributed by atoms with Gasteiger partial charge in [-0.1, -0.05) is 53.5 Å². The molecule has 0 radical (unpaired) electrons. The number of carbonyl (C=O) groups is 1. The molecule has 0 aliphatic carbocycles. The third-order valence-electron chi connectivity index (χ3n) is 5.30. The van der Waals surface area contributed by atoms with E-state index in [1.54, 1.807) is 30.5 Å². The first kappa shape index (κ1) is 19.8. The second-order valence-electron chi connectivity index (χ2n) is 7.26. The molecule has 0 fully saturated rings. The van der Waals surface area contributed by atoms with Crippen LogP contribution in [0.3, 0.4) is 0 Å². The number of para-hydroxylation sites is 1. The Morgan fingerprint density at radius 3 is 2.81 bits per heavy atom. The largest absolute Gasteiger partial charge is 0.493 e. The second-order valence-corrected chi connectivity index (χ2v) is 8.05. The first-order chi connectivity index (χ1) is 15.1. The smallest absolute Gasteiger partial charge is 0.251 e. The average Bonchev–Trinajstić information content (AvgIpc) is 2.80. The number of benzene rings is 3. The fraction of sp³-hybridized carbons (Fsp3) is 0.125. The van der Waals surface area contributed by atoms with Crippen LogP contribution in [0.2, 0.25) is 10.0 Å². The van der Waals surface area contributed by atoms with Crippen molar-refractivity contribution < 1.29 is 9.53 Å². The number of fused-ring (bicyclic) bond motifs is 2. The van der Waals surface area contributed by atoms with Gasteiger partial charge in [0, 0.05) is 23.1 Å². The van der Waals surface area contributed by atoms with Gasteiger partial charge in [0.1, 0.15) is 5.75 Å². The van der Waals surface area contributed by atoms with E-state index in [-0.39, 0.29) is 11.9 Å². The summed E-state index contributed by atoms with van der Waals surface area (Å²) in [5, 5.41) is 4.00. The number of halogens is 2. The minimum absolute atomic E-state index is 0.0911. The van der Waals surface area contributed by atoms with E-state index in [4.69, 9.17) is 27.9 Å². The van der Waals surface area contributed by atoms with Gasteiger partial charge in [-0.2, -0.15) is 0 Å². The van der Waals surface area contributed by atoms with Crippen molar-refractivity contribution in [1.29, 1.82) is 0 Å². The lowest BCUT2D eigenvalue weighted by Crippen LogP contribution is -2.32. The number of hydrogen-bond acceptors (Lipinski definition) is 4. The molecule has 1 amide bonds. The zero-order chi connectivity index (χ0) is 21.4. The Kier molecular flexibility index (Phi) is 5.22. The molecule has 0 unspecified atom stereocenters. The molecule has 0 bridgehead atoms. The Balaban J connectivity index is 1.41. The van der Waals surface area contributed by atoms with Crippen LogP contribution in [-0.4, -0.2) is 22.5 Å². The molecule has 154 valence electrons. The summed E-state index contributed by atoms with van der Waals surface area (Å²) < 4.78 is 5.67. The SMILES string of the molecule is O=C(N[C@H]1CCOc2ccccc21)c1ccc2nc(-c3cccc(Cl)c3Cl)cnc2c1. The Morgan fingerprint density at radius 2 is 1.90 bits per heavy atom. The van der Waals surface area contributed by atoms with Gasteiger partial charge in [0.05, 0.1) is 45.6 Å². The standard InChI is InChI=1S/C24H17Cl2N3O2/c25-17-6-3-5-16(23(17)26)21-13-27-20-12-14(8-9-19(20)28-21)24(30)29-18-10-11-31-22-7-2-1-4-15(18)22/h1-9,12-13,18H,10-11H2,(H,29,30)/t18-/m0/s1. The van der Waals surface area contributed by atoms with E-state index >= 15 is 0 Å². The predicted octanol–water partition coefficient (Wildman–Crippen LogP) is 5.86. The Bertz CT molecular complexity index is 1310. The lowest BCUT2D eigenvalue weighted by molar-refractivity contribution is 0.0925. The van der Waals surface area contributed by atoms with Crippen LogP contribution in [0.25, 0.3) is 22.3 Å². The fourth-order valence-corrected chi connectivity index (χ4v) is 4.11. The van der Waals surface area contributed by atoms with Gasteiger partial charge in [0.2, 0.25) is 0 Å². The van der Waals surface area contributed by atoms with E-state index in [9.17, 15) is 4.79 Å². The van der Waals surface area contributed by atoms with Gasteiger partial charge in [-0.15, -0.1) is 0 Å². The van der Waals surface area contributed by atoms with E-state index in [0.29, 0.717) is 44.5 Å². The average molecular weight is 450 g/mol. The van der Waals surface area contributed by atoms with Crippen molar-refractivity contribution in [2.75, 3.05) is 6.61 Å². The van der Waals surface area contributed by atoms with Gasteiger partial charge in [0.25, 0.3) is 5.91 Å². The third-order valence-corrected chi connectivity index (χ3v) is 6.11. The highest BCUT2D eigenvalue weighted by Crippen LogP contribution is 2.33. The molecule has 0 spiro atoms. The Labute approximate surface area is 189 Å². The van der Waals surface area contributed by atoms with Gasteiger partial charge in [-0.3, -0.25) is 9.78 Å². The van der Waals surface area contributed by atoms with Crippen molar-refractivity contribution in [3.8, 4) is 17.0 Å². The van der Waals surface area contributed by atoms with Crippen LogP contribution < -0.4 is 10.1 Å². The Morgan fingerprint density at radius 1 is 1.03 bits per heavy atom. The highest BCUT2D eigenvalue weighted by molar-refractivity contribution is 6.43. The van der Waals surface area contributed by atoms with E-state index < -0.39 is 0 Å². The molecular weight excluding hydrogens is 433 g/mol. The normalized spacial score (nSPS) is 15.2. The second kappa shape index (κ2) is 8.17. The van der Waals surface area contributed by atoms with Gasteiger partial charge in [0.15, 0.2) is 0 Å². The maximum atomic E-state index is 12.9. The fourth-order valence-electron chi connectivity index (χ4n) is 3.72. The number of aromatic nitrogens is 2. The molecule has 1 aliphatic heterocycles. The first-order valence-corrected chi connectivity index (χ1v) is 10.6. The summed E-state index contributed by atoms with van der Waals surface area (Å²) in [6.45, 7) is 0.569. The van der Waals surface area contributed by atoms with E-state index in [2.05, 4.69) is 15.3 Å². The van der Waals surface area contributed by atoms with Crippen LogP contribution in [0.1, 0.15) is 28.4 Å². The summed E-state index contributed by atoms with van der Waals surface area (Å²) in [4.78, 5) is 22.0. The number of rotatable bonds is 3. The molecule has 1 N–H and O–H groups in total. The number of ether oxygens (including phenoxy) is 1. The van der Waals surface area contributed by atoms with Crippen molar-refractivity contribution in [1.82, 2.24) is 15.3 Å². The minimum Gasteiger partial charge on any atom is -0.493 e. The summed E-state index contributed by atoms with van der Waals surface area (Å²) in [6, 6.07) is 18.4. The molecule has 1 aliphatic rings.